The predicted octanol–water partition coefficient (Wildman–Crippen LogP) is -0.223. The van der Waals surface area contributed by atoms with E-state index in [1.54, 1.807) is 7.05 Å². The van der Waals surface area contributed by atoms with Crippen molar-refractivity contribution in [2.75, 3.05) is 58.4 Å². The standard InChI is InChI=1S/C14H23N5O4S/c1-11-9-13(15-2)17-14(16-11)12-10-23-8-5-19(12)24(20,21)18-3-6-22-7-4-18/h9,12H,3-8,10H2,1-2H3,(H,15,16,17)/t12-/m1/s1. The molecule has 10 heteroatoms. The fraction of sp³-hybridized carbons (Fsp3) is 0.714. The van der Waals surface area contributed by atoms with Crippen LogP contribution in [0.1, 0.15) is 17.6 Å². The molecule has 2 aliphatic heterocycles. The number of aromatic nitrogens is 2. The van der Waals surface area contributed by atoms with E-state index >= 15 is 0 Å². The van der Waals surface area contributed by atoms with Crippen LogP contribution in [0.5, 0.6) is 0 Å². The first-order valence-electron chi connectivity index (χ1n) is 7.98. The van der Waals surface area contributed by atoms with E-state index in [0.29, 0.717) is 44.6 Å². The van der Waals surface area contributed by atoms with Gasteiger partial charge < -0.3 is 14.8 Å². The summed E-state index contributed by atoms with van der Waals surface area (Å²) in [5.41, 5.74) is 0.777. The first-order valence-corrected chi connectivity index (χ1v) is 9.38. The zero-order valence-corrected chi connectivity index (χ0v) is 14.8. The van der Waals surface area contributed by atoms with Gasteiger partial charge in [0.1, 0.15) is 11.9 Å². The second kappa shape index (κ2) is 7.28. The Morgan fingerprint density at radius 2 is 1.88 bits per heavy atom. The zero-order chi connectivity index (χ0) is 17.2. The number of aryl methyl sites for hydroxylation is 1. The second-order valence-electron chi connectivity index (χ2n) is 5.72. The molecule has 2 saturated heterocycles. The Hall–Kier alpha value is -1.33. The van der Waals surface area contributed by atoms with Crippen molar-refractivity contribution in [1.82, 2.24) is 18.6 Å². The number of rotatable bonds is 4. The predicted molar refractivity (Wildman–Crippen MR) is 87.9 cm³/mol. The molecule has 134 valence electrons. The SMILES string of the molecule is CNc1cc(C)nc([C@H]2COCCN2S(=O)(=O)N2CCOCC2)n1. The molecule has 2 fully saturated rings. The Balaban J connectivity index is 1.92. The second-order valence-corrected chi connectivity index (χ2v) is 7.60. The van der Waals surface area contributed by atoms with Gasteiger partial charge in [-0.1, -0.05) is 0 Å². The molecule has 0 aromatic carbocycles. The lowest BCUT2D eigenvalue weighted by molar-refractivity contribution is 0.0210. The minimum atomic E-state index is -3.61. The lowest BCUT2D eigenvalue weighted by Gasteiger charge is -2.38. The van der Waals surface area contributed by atoms with Crippen molar-refractivity contribution in [3.8, 4) is 0 Å². The summed E-state index contributed by atoms with van der Waals surface area (Å²) in [6.07, 6.45) is 0. The molecule has 3 rings (SSSR count). The van der Waals surface area contributed by atoms with Gasteiger partial charge in [0.25, 0.3) is 10.2 Å². The minimum Gasteiger partial charge on any atom is -0.379 e. The normalized spacial score (nSPS) is 24.0. The van der Waals surface area contributed by atoms with Crippen LogP contribution < -0.4 is 5.32 Å². The van der Waals surface area contributed by atoms with Gasteiger partial charge in [0.05, 0.1) is 26.4 Å². The maximum absolute atomic E-state index is 13.0. The average molecular weight is 357 g/mol. The lowest BCUT2D eigenvalue weighted by Crippen LogP contribution is -2.53. The van der Waals surface area contributed by atoms with E-state index in [1.807, 2.05) is 13.0 Å². The van der Waals surface area contributed by atoms with E-state index < -0.39 is 16.3 Å². The smallest absolute Gasteiger partial charge is 0.282 e. The van der Waals surface area contributed by atoms with Crippen LogP contribution in [-0.2, 0) is 19.7 Å². The van der Waals surface area contributed by atoms with Gasteiger partial charge in [-0.05, 0) is 6.92 Å². The lowest BCUT2D eigenvalue weighted by atomic mass is 10.2. The van der Waals surface area contributed by atoms with Crippen molar-refractivity contribution in [1.29, 1.82) is 0 Å². The molecule has 0 spiro atoms. The number of nitrogens with one attached hydrogen (secondary N) is 1. The Morgan fingerprint density at radius 1 is 1.17 bits per heavy atom. The van der Waals surface area contributed by atoms with Crippen LogP contribution in [0.15, 0.2) is 6.07 Å². The van der Waals surface area contributed by atoms with E-state index in [2.05, 4.69) is 15.3 Å². The van der Waals surface area contributed by atoms with E-state index in [-0.39, 0.29) is 13.2 Å². The third-order valence-electron chi connectivity index (χ3n) is 4.10. The number of nitrogens with zero attached hydrogens (tertiary/aromatic N) is 4. The molecule has 1 atom stereocenters. The number of morpholine rings is 2. The number of anilines is 1. The fourth-order valence-corrected chi connectivity index (χ4v) is 4.55. The molecule has 3 heterocycles. The summed E-state index contributed by atoms with van der Waals surface area (Å²) in [5.74, 6) is 1.11. The molecule has 9 nitrogen and oxygen atoms in total. The Bertz CT molecular complexity index is 678. The summed E-state index contributed by atoms with van der Waals surface area (Å²) in [6, 6.07) is 1.28. The molecular weight excluding hydrogens is 334 g/mol. The summed E-state index contributed by atoms with van der Waals surface area (Å²) in [7, 11) is -1.84. The van der Waals surface area contributed by atoms with Gasteiger partial charge in [0, 0.05) is 38.4 Å². The molecule has 24 heavy (non-hydrogen) atoms. The quantitative estimate of drug-likeness (QED) is 0.795. The highest BCUT2D eigenvalue weighted by atomic mass is 32.2. The summed E-state index contributed by atoms with van der Waals surface area (Å²) in [6.45, 7) is 4.32. The van der Waals surface area contributed by atoms with Gasteiger partial charge >= 0.3 is 0 Å². The van der Waals surface area contributed by atoms with Crippen LogP contribution >= 0.6 is 0 Å². The van der Waals surface area contributed by atoms with Gasteiger partial charge in [0.2, 0.25) is 0 Å². The van der Waals surface area contributed by atoms with E-state index in [1.165, 1.54) is 8.61 Å². The maximum Gasteiger partial charge on any atom is 0.282 e. The van der Waals surface area contributed by atoms with Crippen molar-refractivity contribution in [2.45, 2.75) is 13.0 Å². The topological polar surface area (TPSA) is 96.9 Å². The molecule has 2 aliphatic rings. The number of hydrogen-bond donors (Lipinski definition) is 1. The molecule has 0 amide bonds. The minimum absolute atomic E-state index is 0.246. The average Bonchev–Trinajstić information content (AvgIpc) is 2.62. The molecule has 0 saturated carbocycles. The monoisotopic (exact) mass is 357 g/mol. The van der Waals surface area contributed by atoms with Crippen molar-refractivity contribution in [3.05, 3.63) is 17.6 Å². The maximum atomic E-state index is 13.0. The first kappa shape index (κ1) is 17.5. The van der Waals surface area contributed by atoms with Crippen LogP contribution in [0.2, 0.25) is 0 Å². The van der Waals surface area contributed by atoms with Crippen molar-refractivity contribution in [2.24, 2.45) is 0 Å². The van der Waals surface area contributed by atoms with E-state index in [9.17, 15) is 8.42 Å². The molecule has 0 aliphatic carbocycles. The zero-order valence-electron chi connectivity index (χ0n) is 13.9. The fourth-order valence-electron chi connectivity index (χ4n) is 2.86. The Kier molecular flexibility index (Phi) is 5.30. The van der Waals surface area contributed by atoms with Crippen LogP contribution in [-0.4, -0.2) is 80.1 Å². The van der Waals surface area contributed by atoms with Crippen molar-refractivity contribution >= 4 is 16.0 Å². The van der Waals surface area contributed by atoms with E-state index in [0.717, 1.165) is 5.69 Å². The van der Waals surface area contributed by atoms with Crippen LogP contribution in [0.3, 0.4) is 0 Å². The highest BCUT2D eigenvalue weighted by Gasteiger charge is 2.39. The van der Waals surface area contributed by atoms with Crippen molar-refractivity contribution < 1.29 is 17.9 Å². The van der Waals surface area contributed by atoms with Gasteiger partial charge in [-0.3, -0.25) is 0 Å². The Morgan fingerprint density at radius 3 is 2.58 bits per heavy atom. The van der Waals surface area contributed by atoms with E-state index in [4.69, 9.17) is 9.47 Å². The van der Waals surface area contributed by atoms with Crippen molar-refractivity contribution in [3.63, 3.8) is 0 Å². The van der Waals surface area contributed by atoms with Gasteiger partial charge in [0.15, 0.2) is 5.82 Å². The molecular formula is C14H23N5O4S. The molecule has 0 radical (unpaired) electrons. The number of hydrogen-bond acceptors (Lipinski definition) is 7. The molecule has 1 aromatic rings. The largest absolute Gasteiger partial charge is 0.379 e. The summed E-state index contributed by atoms with van der Waals surface area (Å²) in [5, 5.41) is 2.98. The summed E-state index contributed by atoms with van der Waals surface area (Å²) in [4.78, 5) is 8.87. The highest BCUT2D eigenvalue weighted by molar-refractivity contribution is 7.86. The van der Waals surface area contributed by atoms with Gasteiger partial charge in [-0.25, -0.2) is 9.97 Å². The van der Waals surface area contributed by atoms with Crippen LogP contribution in [0, 0.1) is 6.92 Å². The van der Waals surface area contributed by atoms with Crippen LogP contribution in [0.4, 0.5) is 5.82 Å². The molecule has 0 bridgehead atoms. The molecule has 0 unspecified atom stereocenters. The van der Waals surface area contributed by atoms with Crippen LogP contribution in [0.25, 0.3) is 0 Å². The summed E-state index contributed by atoms with van der Waals surface area (Å²) >= 11 is 0. The first-order chi connectivity index (χ1) is 11.5. The molecule has 1 aromatic heterocycles. The highest BCUT2D eigenvalue weighted by Crippen LogP contribution is 2.27. The Labute approximate surface area is 142 Å². The van der Waals surface area contributed by atoms with Gasteiger partial charge in [-0.15, -0.1) is 0 Å². The molecule has 1 N–H and O–H groups in total. The third-order valence-corrected chi connectivity index (χ3v) is 6.15. The van der Waals surface area contributed by atoms with Gasteiger partial charge in [-0.2, -0.15) is 17.0 Å². The third kappa shape index (κ3) is 3.52. The number of ether oxygens (including phenoxy) is 2. The summed E-state index contributed by atoms with van der Waals surface area (Å²) < 4.78 is 39.8.